The highest BCUT2D eigenvalue weighted by molar-refractivity contribution is 5.75. The van der Waals surface area contributed by atoms with Gasteiger partial charge in [0.2, 0.25) is 11.8 Å². The van der Waals surface area contributed by atoms with E-state index in [2.05, 4.69) is 29.2 Å². The first-order valence-electron chi connectivity index (χ1n) is 11.2. The number of aryl methyl sites for hydroxylation is 1. The first kappa shape index (κ1) is 21.8. The summed E-state index contributed by atoms with van der Waals surface area (Å²) in [7, 11) is 3.62. The largest absolute Gasteiger partial charge is 0.349 e. The Hall–Kier alpha value is -1.88. The van der Waals surface area contributed by atoms with Gasteiger partial charge in [0.25, 0.3) is 0 Å². The van der Waals surface area contributed by atoms with Crippen molar-refractivity contribution in [3.63, 3.8) is 0 Å². The molecule has 0 spiro atoms. The molecule has 2 heterocycles. The molecule has 0 bridgehead atoms. The summed E-state index contributed by atoms with van der Waals surface area (Å²) in [6.45, 7) is 5.92. The number of nitrogens with zero attached hydrogens (tertiary/aromatic N) is 3. The highest BCUT2D eigenvalue weighted by Crippen LogP contribution is 2.26. The van der Waals surface area contributed by atoms with Crippen LogP contribution in [-0.4, -0.2) is 72.8 Å². The number of hydrogen-bond acceptors (Lipinski definition) is 3. The number of carbonyl (C=O) groups is 2. The fraction of sp³-hybridized carbons (Fsp3) is 0.667. The van der Waals surface area contributed by atoms with Crippen LogP contribution in [0, 0.1) is 5.92 Å². The summed E-state index contributed by atoms with van der Waals surface area (Å²) in [6, 6.07) is 9.54. The van der Waals surface area contributed by atoms with Gasteiger partial charge in [-0.25, -0.2) is 0 Å². The number of rotatable bonds is 6. The molecule has 2 fully saturated rings. The summed E-state index contributed by atoms with van der Waals surface area (Å²) >= 11 is 0. The summed E-state index contributed by atoms with van der Waals surface area (Å²) < 4.78 is 0. The predicted molar refractivity (Wildman–Crippen MR) is 117 cm³/mol. The predicted octanol–water partition coefficient (Wildman–Crippen LogP) is 2.97. The normalized spacial score (nSPS) is 19.3. The Balaban J connectivity index is 1.39. The monoisotopic (exact) mass is 399 g/mol. The zero-order chi connectivity index (χ0) is 20.8. The van der Waals surface area contributed by atoms with E-state index in [9.17, 15) is 9.59 Å². The molecule has 0 aromatic heterocycles. The summed E-state index contributed by atoms with van der Waals surface area (Å²) in [4.78, 5) is 29.6. The highest BCUT2D eigenvalue weighted by Gasteiger charge is 2.28. The molecule has 0 aliphatic carbocycles. The van der Waals surface area contributed by atoms with E-state index in [4.69, 9.17) is 0 Å². The van der Waals surface area contributed by atoms with Crippen LogP contribution in [0.1, 0.15) is 50.2 Å². The third kappa shape index (κ3) is 6.30. The van der Waals surface area contributed by atoms with Gasteiger partial charge in [-0.1, -0.05) is 24.3 Å². The van der Waals surface area contributed by atoms with E-state index in [0.717, 1.165) is 44.7 Å². The van der Waals surface area contributed by atoms with Gasteiger partial charge in [-0.15, -0.1) is 0 Å². The minimum absolute atomic E-state index is 0.188. The molecular weight excluding hydrogens is 362 g/mol. The van der Waals surface area contributed by atoms with Gasteiger partial charge in [0.1, 0.15) is 0 Å². The molecule has 0 unspecified atom stereocenters. The minimum atomic E-state index is 0.188. The molecule has 1 aromatic carbocycles. The Bertz CT molecular complexity index is 670. The van der Waals surface area contributed by atoms with Gasteiger partial charge >= 0.3 is 0 Å². The summed E-state index contributed by atoms with van der Waals surface area (Å²) in [5.74, 6) is 1.18. The smallest absolute Gasteiger partial charge is 0.222 e. The van der Waals surface area contributed by atoms with Crippen LogP contribution in [-0.2, 0) is 22.4 Å². The van der Waals surface area contributed by atoms with Gasteiger partial charge in [-0.3, -0.25) is 9.59 Å². The van der Waals surface area contributed by atoms with Crippen LogP contribution >= 0.6 is 0 Å². The van der Waals surface area contributed by atoms with Gasteiger partial charge in [-0.2, -0.15) is 0 Å². The summed E-state index contributed by atoms with van der Waals surface area (Å²) in [5, 5.41) is 0. The van der Waals surface area contributed by atoms with Crippen LogP contribution in [0.2, 0.25) is 0 Å². The second kappa shape index (κ2) is 10.2. The standard InChI is InChI=1S/C24H37N3O2/c1-19(28)26-16-12-23(13-17-26)27-14-10-22(11-15-27)18-21-6-4-20(5-7-21)8-9-24(29)25(2)3/h4-7,22-23H,8-18H2,1-3H3. The molecule has 5 nitrogen and oxygen atoms in total. The van der Waals surface area contributed by atoms with Crippen LogP contribution < -0.4 is 0 Å². The Labute approximate surface area is 176 Å². The molecule has 29 heavy (non-hydrogen) atoms. The van der Waals surface area contributed by atoms with Crippen LogP contribution in [0.4, 0.5) is 0 Å². The van der Waals surface area contributed by atoms with E-state index >= 15 is 0 Å². The number of benzene rings is 1. The second-order valence-electron chi connectivity index (χ2n) is 9.03. The average molecular weight is 400 g/mol. The van der Waals surface area contributed by atoms with Crippen molar-refractivity contribution in [1.82, 2.24) is 14.7 Å². The molecule has 0 N–H and O–H groups in total. The number of carbonyl (C=O) groups excluding carboxylic acids is 2. The number of hydrogen-bond donors (Lipinski definition) is 0. The van der Waals surface area contributed by atoms with E-state index < -0.39 is 0 Å². The molecule has 5 heteroatoms. The lowest BCUT2D eigenvalue weighted by atomic mass is 9.88. The maximum Gasteiger partial charge on any atom is 0.222 e. The maximum absolute atomic E-state index is 11.7. The molecule has 0 radical (unpaired) electrons. The van der Waals surface area contributed by atoms with Gasteiger partial charge in [0, 0.05) is 46.6 Å². The number of amides is 2. The summed E-state index contributed by atoms with van der Waals surface area (Å²) in [6.07, 6.45) is 7.35. The third-order valence-electron chi connectivity index (χ3n) is 6.75. The summed E-state index contributed by atoms with van der Waals surface area (Å²) in [5.41, 5.74) is 2.66. The van der Waals surface area contributed by atoms with Crippen molar-refractivity contribution in [2.45, 2.75) is 57.9 Å². The average Bonchev–Trinajstić information content (AvgIpc) is 2.73. The van der Waals surface area contributed by atoms with Crippen molar-refractivity contribution >= 4 is 11.8 Å². The molecule has 0 saturated carbocycles. The van der Waals surface area contributed by atoms with Crippen molar-refractivity contribution < 1.29 is 9.59 Å². The Morgan fingerprint density at radius 1 is 0.931 bits per heavy atom. The molecule has 2 aliphatic heterocycles. The highest BCUT2D eigenvalue weighted by atomic mass is 16.2. The van der Waals surface area contributed by atoms with Crippen molar-refractivity contribution in [1.29, 1.82) is 0 Å². The lowest BCUT2D eigenvalue weighted by Crippen LogP contribution is -2.48. The lowest BCUT2D eigenvalue weighted by Gasteiger charge is -2.41. The van der Waals surface area contributed by atoms with E-state index in [1.807, 2.05) is 19.0 Å². The van der Waals surface area contributed by atoms with Crippen LogP contribution in [0.25, 0.3) is 0 Å². The van der Waals surface area contributed by atoms with Crippen molar-refractivity contribution in [2.75, 3.05) is 40.3 Å². The molecule has 0 atom stereocenters. The first-order chi connectivity index (χ1) is 13.9. The van der Waals surface area contributed by atoms with Crippen LogP contribution in [0.5, 0.6) is 0 Å². The van der Waals surface area contributed by atoms with Crippen LogP contribution in [0.15, 0.2) is 24.3 Å². The SMILES string of the molecule is CC(=O)N1CCC(N2CCC(Cc3ccc(CCC(=O)N(C)C)cc3)CC2)CC1. The van der Waals surface area contributed by atoms with Crippen LogP contribution in [0.3, 0.4) is 0 Å². The number of piperidine rings is 2. The van der Waals surface area contributed by atoms with E-state index in [-0.39, 0.29) is 11.8 Å². The quantitative estimate of drug-likeness (QED) is 0.739. The molecule has 2 aliphatic rings. The zero-order valence-corrected chi connectivity index (χ0v) is 18.4. The molecular formula is C24H37N3O2. The first-order valence-corrected chi connectivity index (χ1v) is 11.2. The molecule has 2 amide bonds. The Kier molecular flexibility index (Phi) is 7.70. The molecule has 2 saturated heterocycles. The fourth-order valence-electron chi connectivity index (χ4n) is 4.72. The third-order valence-corrected chi connectivity index (χ3v) is 6.75. The molecule has 160 valence electrons. The topological polar surface area (TPSA) is 43.9 Å². The maximum atomic E-state index is 11.7. The lowest BCUT2D eigenvalue weighted by molar-refractivity contribution is -0.130. The van der Waals surface area contributed by atoms with Gasteiger partial charge in [0.15, 0.2) is 0 Å². The Morgan fingerprint density at radius 3 is 2.07 bits per heavy atom. The fourth-order valence-corrected chi connectivity index (χ4v) is 4.72. The van der Waals surface area contributed by atoms with E-state index in [1.54, 1.807) is 11.8 Å². The van der Waals surface area contributed by atoms with Crippen molar-refractivity contribution in [3.05, 3.63) is 35.4 Å². The zero-order valence-electron chi connectivity index (χ0n) is 18.4. The molecule has 3 rings (SSSR count). The van der Waals surface area contributed by atoms with Gasteiger partial charge < -0.3 is 14.7 Å². The van der Waals surface area contributed by atoms with Crippen molar-refractivity contribution in [3.8, 4) is 0 Å². The van der Waals surface area contributed by atoms with Gasteiger partial charge in [0.05, 0.1) is 0 Å². The van der Waals surface area contributed by atoms with E-state index in [1.165, 1.54) is 37.1 Å². The van der Waals surface area contributed by atoms with Gasteiger partial charge in [-0.05, 0) is 68.7 Å². The minimum Gasteiger partial charge on any atom is -0.349 e. The van der Waals surface area contributed by atoms with Crippen molar-refractivity contribution in [2.24, 2.45) is 5.92 Å². The Morgan fingerprint density at radius 2 is 1.52 bits per heavy atom. The van der Waals surface area contributed by atoms with E-state index in [0.29, 0.717) is 12.5 Å². The second-order valence-corrected chi connectivity index (χ2v) is 9.03. The number of likely N-dealkylation sites (tertiary alicyclic amines) is 2. The molecule has 1 aromatic rings.